The lowest BCUT2D eigenvalue weighted by Gasteiger charge is -2.23. The van der Waals surface area contributed by atoms with E-state index in [0.717, 1.165) is 37.9 Å². The third kappa shape index (κ3) is 3.22. The molecule has 1 fully saturated rings. The van der Waals surface area contributed by atoms with E-state index >= 15 is 0 Å². The summed E-state index contributed by atoms with van der Waals surface area (Å²) in [7, 11) is 0. The number of nitrogens with one attached hydrogen (secondary N) is 1. The number of alkyl halides is 3. The summed E-state index contributed by atoms with van der Waals surface area (Å²) in [5, 5.41) is 3.29. The van der Waals surface area contributed by atoms with Gasteiger partial charge in [0.25, 0.3) is 0 Å². The third-order valence-electron chi connectivity index (χ3n) is 3.23. The van der Waals surface area contributed by atoms with Crippen LogP contribution in [0.25, 0.3) is 0 Å². The van der Waals surface area contributed by atoms with Gasteiger partial charge in [-0.25, -0.2) is 4.39 Å². The Morgan fingerprint density at radius 1 is 1.22 bits per heavy atom. The van der Waals surface area contributed by atoms with Gasteiger partial charge in [0.1, 0.15) is 5.82 Å². The molecule has 0 saturated carbocycles. The van der Waals surface area contributed by atoms with Crippen LogP contribution in [0.2, 0.25) is 0 Å². The van der Waals surface area contributed by atoms with Crippen molar-refractivity contribution < 1.29 is 17.6 Å². The molecular weight excluding hydrogens is 246 g/mol. The molecule has 2 rings (SSSR count). The molecule has 1 atom stereocenters. The largest absolute Gasteiger partial charge is 0.419 e. The quantitative estimate of drug-likeness (QED) is 0.803. The van der Waals surface area contributed by atoms with Crippen molar-refractivity contribution in [1.29, 1.82) is 0 Å². The molecule has 18 heavy (non-hydrogen) atoms. The van der Waals surface area contributed by atoms with E-state index in [1.54, 1.807) is 0 Å². The number of piperidine rings is 1. The molecule has 1 nitrogen and oxygen atoms in total. The van der Waals surface area contributed by atoms with Crippen LogP contribution in [-0.4, -0.2) is 12.6 Å². The lowest BCUT2D eigenvalue weighted by molar-refractivity contribution is -0.140. The van der Waals surface area contributed by atoms with Crippen LogP contribution in [0.4, 0.5) is 17.6 Å². The number of halogens is 4. The summed E-state index contributed by atoms with van der Waals surface area (Å²) in [6, 6.07) is 3.43. The van der Waals surface area contributed by atoms with E-state index in [-0.39, 0.29) is 6.04 Å². The summed E-state index contributed by atoms with van der Waals surface area (Å²) < 4.78 is 50.5. The highest BCUT2D eigenvalue weighted by molar-refractivity contribution is 5.27. The van der Waals surface area contributed by atoms with Gasteiger partial charge in [-0.1, -0.05) is 12.5 Å². The fraction of sp³-hybridized carbons (Fsp3) is 0.538. The summed E-state index contributed by atoms with van der Waals surface area (Å²) in [5.74, 6) is -1.18. The van der Waals surface area contributed by atoms with Gasteiger partial charge < -0.3 is 5.32 Å². The first kappa shape index (κ1) is 13.3. The monoisotopic (exact) mass is 261 g/mol. The number of hydrogen-bond donors (Lipinski definition) is 1. The van der Waals surface area contributed by atoms with Gasteiger partial charge in [-0.15, -0.1) is 0 Å². The van der Waals surface area contributed by atoms with Gasteiger partial charge in [0.05, 0.1) is 5.56 Å². The molecule has 0 aliphatic carbocycles. The molecule has 1 aromatic rings. The lowest BCUT2D eigenvalue weighted by atomic mass is 9.97. The minimum Gasteiger partial charge on any atom is -0.314 e. The van der Waals surface area contributed by atoms with Gasteiger partial charge in [-0.05, 0) is 43.5 Å². The van der Waals surface area contributed by atoms with Crippen molar-refractivity contribution >= 4 is 0 Å². The Morgan fingerprint density at radius 2 is 2.00 bits per heavy atom. The average Bonchev–Trinajstić information content (AvgIpc) is 2.28. The van der Waals surface area contributed by atoms with E-state index < -0.39 is 17.6 Å². The molecule has 1 unspecified atom stereocenters. The Balaban J connectivity index is 2.08. The highest BCUT2D eigenvalue weighted by atomic mass is 19.4. The van der Waals surface area contributed by atoms with E-state index in [1.165, 1.54) is 6.07 Å². The smallest absolute Gasteiger partial charge is 0.314 e. The zero-order chi connectivity index (χ0) is 13.2. The molecule has 0 bridgehead atoms. The summed E-state index contributed by atoms with van der Waals surface area (Å²) in [6.45, 7) is 0.924. The Labute approximate surface area is 103 Å². The first-order chi connectivity index (χ1) is 8.47. The summed E-state index contributed by atoms with van der Waals surface area (Å²) >= 11 is 0. The fourth-order valence-corrected chi connectivity index (χ4v) is 2.30. The Hall–Kier alpha value is -1.10. The maximum absolute atomic E-state index is 13.4. The second-order valence-electron chi connectivity index (χ2n) is 4.66. The Morgan fingerprint density at radius 3 is 2.56 bits per heavy atom. The molecule has 1 saturated heterocycles. The number of rotatable bonds is 2. The van der Waals surface area contributed by atoms with Crippen LogP contribution in [0.3, 0.4) is 0 Å². The van der Waals surface area contributed by atoms with E-state index in [2.05, 4.69) is 5.32 Å². The van der Waals surface area contributed by atoms with Gasteiger partial charge >= 0.3 is 6.18 Å². The third-order valence-corrected chi connectivity index (χ3v) is 3.23. The summed E-state index contributed by atoms with van der Waals surface area (Å²) in [4.78, 5) is 0. The first-order valence-corrected chi connectivity index (χ1v) is 6.06. The molecule has 0 aromatic heterocycles. The minimum atomic E-state index is -4.62. The van der Waals surface area contributed by atoms with Crippen molar-refractivity contribution in [2.75, 3.05) is 6.54 Å². The zero-order valence-corrected chi connectivity index (χ0v) is 9.86. The molecule has 100 valence electrons. The molecule has 0 amide bonds. The van der Waals surface area contributed by atoms with Crippen LogP contribution in [0.15, 0.2) is 18.2 Å². The molecule has 1 heterocycles. The topological polar surface area (TPSA) is 12.0 Å². The maximum Gasteiger partial charge on any atom is 0.419 e. The van der Waals surface area contributed by atoms with Crippen LogP contribution in [0.1, 0.15) is 30.4 Å². The van der Waals surface area contributed by atoms with E-state index in [9.17, 15) is 17.6 Å². The number of hydrogen-bond acceptors (Lipinski definition) is 1. The van der Waals surface area contributed by atoms with Crippen molar-refractivity contribution in [3.05, 3.63) is 35.1 Å². The first-order valence-electron chi connectivity index (χ1n) is 6.06. The van der Waals surface area contributed by atoms with Crippen LogP contribution < -0.4 is 5.32 Å². The van der Waals surface area contributed by atoms with Gasteiger partial charge in [-0.2, -0.15) is 13.2 Å². The average molecular weight is 261 g/mol. The Kier molecular flexibility index (Phi) is 3.90. The molecule has 0 spiro atoms. The van der Waals surface area contributed by atoms with Crippen molar-refractivity contribution in [3.63, 3.8) is 0 Å². The van der Waals surface area contributed by atoms with E-state index in [4.69, 9.17) is 0 Å². The molecule has 1 aliphatic heterocycles. The van der Waals surface area contributed by atoms with Crippen LogP contribution in [0.5, 0.6) is 0 Å². The summed E-state index contributed by atoms with van der Waals surface area (Å²) in [5.41, 5.74) is -0.581. The van der Waals surface area contributed by atoms with Gasteiger partial charge in [-0.3, -0.25) is 0 Å². The molecular formula is C13H15F4N. The van der Waals surface area contributed by atoms with Gasteiger partial charge in [0.15, 0.2) is 0 Å². The molecule has 5 heteroatoms. The summed E-state index contributed by atoms with van der Waals surface area (Å²) in [6.07, 6.45) is -0.817. The normalized spacial score (nSPS) is 21.0. The second-order valence-corrected chi connectivity index (χ2v) is 4.66. The van der Waals surface area contributed by atoms with E-state index in [0.29, 0.717) is 12.0 Å². The van der Waals surface area contributed by atoms with Crippen LogP contribution >= 0.6 is 0 Å². The van der Waals surface area contributed by atoms with Crippen LogP contribution in [0, 0.1) is 5.82 Å². The number of benzene rings is 1. The molecule has 1 N–H and O–H groups in total. The highest BCUT2D eigenvalue weighted by Crippen LogP contribution is 2.31. The molecule has 1 aromatic carbocycles. The highest BCUT2D eigenvalue weighted by Gasteiger charge is 2.33. The second kappa shape index (κ2) is 5.26. The Bertz CT molecular complexity index is 408. The standard InChI is InChI=1S/C13H15F4N/c14-12-8-9(4-5-11(12)13(15,16)17)7-10-3-1-2-6-18-10/h4-5,8,10,18H,1-3,6-7H2. The van der Waals surface area contributed by atoms with Crippen molar-refractivity contribution in [1.82, 2.24) is 5.32 Å². The predicted molar refractivity (Wildman–Crippen MR) is 60.7 cm³/mol. The molecule has 1 aliphatic rings. The SMILES string of the molecule is Fc1cc(CC2CCCCN2)ccc1C(F)(F)F. The maximum atomic E-state index is 13.4. The fourth-order valence-electron chi connectivity index (χ4n) is 2.30. The minimum absolute atomic E-state index is 0.245. The van der Waals surface area contributed by atoms with Crippen molar-refractivity contribution in [3.8, 4) is 0 Å². The lowest BCUT2D eigenvalue weighted by Crippen LogP contribution is -2.35. The van der Waals surface area contributed by atoms with Crippen molar-refractivity contribution in [2.45, 2.75) is 37.9 Å². The zero-order valence-electron chi connectivity index (χ0n) is 9.86. The van der Waals surface area contributed by atoms with Crippen molar-refractivity contribution in [2.24, 2.45) is 0 Å². The molecule has 0 radical (unpaired) electrons. The van der Waals surface area contributed by atoms with Gasteiger partial charge in [0.2, 0.25) is 0 Å². The predicted octanol–water partition coefficient (Wildman–Crippen LogP) is 3.53. The van der Waals surface area contributed by atoms with E-state index in [1.807, 2.05) is 0 Å². The van der Waals surface area contributed by atoms with Crippen LogP contribution in [-0.2, 0) is 12.6 Å². The van der Waals surface area contributed by atoms with Gasteiger partial charge in [0, 0.05) is 6.04 Å².